The van der Waals surface area contributed by atoms with Gasteiger partial charge in [0.2, 0.25) is 5.91 Å². The zero-order chi connectivity index (χ0) is 36.5. The van der Waals surface area contributed by atoms with Crippen molar-refractivity contribution in [2.45, 2.75) is 42.2 Å². The highest BCUT2D eigenvalue weighted by molar-refractivity contribution is 9.10. The van der Waals surface area contributed by atoms with Crippen LogP contribution in [0.25, 0.3) is 6.08 Å². The summed E-state index contributed by atoms with van der Waals surface area (Å²) in [5.41, 5.74) is 3.87. The number of fused-ring (bicyclic) bond motifs is 1. The Balaban J connectivity index is 1.25. The summed E-state index contributed by atoms with van der Waals surface area (Å²) in [5.74, 6) is -1.67. The van der Waals surface area contributed by atoms with Crippen molar-refractivity contribution < 1.29 is 23.9 Å². The first-order chi connectivity index (χ1) is 25.3. The molecule has 11 heteroatoms. The maximum Gasteiger partial charge on any atom is 0.341 e. The molecule has 0 saturated heterocycles. The number of thioether (sulfide) groups is 1. The second-order valence-electron chi connectivity index (χ2n) is 12.1. The number of thiophene rings is 1. The average molecular weight is 795 g/mol. The Morgan fingerprint density at radius 2 is 1.56 bits per heavy atom. The maximum absolute atomic E-state index is 14.1. The lowest BCUT2D eigenvalue weighted by Gasteiger charge is -2.18. The second-order valence-corrected chi connectivity index (χ2v) is 15.3. The fourth-order valence-electron chi connectivity index (χ4n) is 5.91. The van der Waals surface area contributed by atoms with Gasteiger partial charge in [-0.15, -0.1) is 23.1 Å². The van der Waals surface area contributed by atoms with Gasteiger partial charge in [0.1, 0.15) is 15.9 Å². The first kappa shape index (κ1) is 36.8. The molecule has 0 spiro atoms. The molecule has 0 radical (unpaired) electrons. The van der Waals surface area contributed by atoms with Crippen LogP contribution in [0.2, 0.25) is 0 Å². The van der Waals surface area contributed by atoms with Crippen LogP contribution in [0.3, 0.4) is 0 Å². The van der Waals surface area contributed by atoms with Crippen LogP contribution in [0, 0.1) is 0 Å². The number of anilines is 2. The van der Waals surface area contributed by atoms with Crippen LogP contribution in [0.4, 0.5) is 10.7 Å². The molecule has 52 heavy (non-hydrogen) atoms. The SMILES string of the molecule is COC(=O)c1c(NC(=O)C(Sc2cccc(NC(=O)/C(=C\c3cccc(Br)c3)NC(=O)c3ccccc3)c2)c2ccccc2)sc2c1CCCCC2. The lowest BCUT2D eigenvalue weighted by molar-refractivity contribution is -0.116. The number of hydrogen-bond donors (Lipinski definition) is 3. The number of esters is 1. The molecule has 0 aliphatic heterocycles. The third kappa shape index (κ3) is 9.27. The van der Waals surface area contributed by atoms with Crippen LogP contribution < -0.4 is 16.0 Å². The number of ether oxygens (including phenoxy) is 1. The first-order valence-electron chi connectivity index (χ1n) is 16.8. The van der Waals surface area contributed by atoms with Crippen molar-refractivity contribution in [3.8, 4) is 0 Å². The van der Waals surface area contributed by atoms with E-state index in [-0.39, 0.29) is 11.6 Å². The van der Waals surface area contributed by atoms with Crippen LogP contribution >= 0.6 is 39.0 Å². The van der Waals surface area contributed by atoms with Crippen molar-refractivity contribution in [2.75, 3.05) is 17.7 Å². The highest BCUT2D eigenvalue weighted by atomic mass is 79.9. The minimum absolute atomic E-state index is 0.0577. The summed E-state index contributed by atoms with van der Waals surface area (Å²) < 4.78 is 5.98. The predicted molar refractivity (Wildman–Crippen MR) is 212 cm³/mol. The number of benzene rings is 4. The van der Waals surface area contributed by atoms with Crippen molar-refractivity contribution in [3.63, 3.8) is 0 Å². The summed E-state index contributed by atoms with van der Waals surface area (Å²) in [6, 6.07) is 32.7. The van der Waals surface area contributed by atoms with E-state index < -0.39 is 23.0 Å². The molecule has 1 aromatic heterocycles. The lowest BCUT2D eigenvalue weighted by atomic mass is 10.1. The number of aryl methyl sites for hydroxylation is 1. The van der Waals surface area contributed by atoms with E-state index in [1.165, 1.54) is 30.2 Å². The number of rotatable bonds is 11. The zero-order valence-corrected chi connectivity index (χ0v) is 31.5. The van der Waals surface area contributed by atoms with E-state index in [0.29, 0.717) is 27.4 Å². The third-order valence-electron chi connectivity index (χ3n) is 8.42. The Labute approximate surface area is 319 Å². The van der Waals surface area contributed by atoms with Gasteiger partial charge in [0.15, 0.2) is 0 Å². The Bertz CT molecular complexity index is 2120. The zero-order valence-electron chi connectivity index (χ0n) is 28.3. The molecule has 3 amide bonds. The molecule has 0 bridgehead atoms. The van der Waals surface area contributed by atoms with Crippen LogP contribution in [0.1, 0.15) is 66.8 Å². The van der Waals surface area contributed by atoms with Crippen molar-refractivity contribution >= 4 is 79.5 Å². The first-order valence-corrected chi connectivity index (χ1v) is 19.3. The molecule has 3 N–H and O–H groups in total. The quantitative estimate of drug-likeness (QED) is 0.0532. The highest BCUT2D eigenvalue weighted by Gasteiger charge is 2.29. The third-order valence-corrected chi connectivity index (χ3v) is 11.4. The van der Waals surface area contributed by atoms with E-state index >= 15 is 0 Å². The van der Waals surface area contributed by atoms with Crippen LogP contribution in [-0.2, 0) is 27.2 Å². The van der Waals surface area contributed by atoms with E-state index in [9.17, 15) is 19.2 Å². The van der Waals surface area contributed by atoms with Crippen molar-refractivity contribution in [2.24, 2.45) is 0 Å². The van der Waals surface area contributed by atoms with Gasteiger partial charge < -0.3 is 20.7 Å². The van der Waals surface area contributed by atoms with Crippen LogP contribution in [-0.4, -0.2) is 30.8 Å². The molecule has 4 aromatic carbocycles. The van der Waals surface area contributed by atoms with Gasteiger partial charge in [0, 0.05) is 25.5 Å². The van der Waals surface area contributed by atoms with Gasteiger partial charge in [-0.3, -0.25) is 14.4 Å². The molecule has 1 aliphatic rings. The van der Waals surface area contributed by atoms with Gasteiger partial charge in [0.25, 0.3) is 11.8 Å². The molecule has 0 fully saturated rings. The Kier molecular flexibility index (Phi) is 12.4. The van der Waals surface area contributed by atoms with E-state index in [1.807, 2.05) is 66.7 Å². The fourth-order valence-corrected chi connectivity index (χ4v) is 8.69. The predicted octanol–water partition coefficient (Wildman–Crippen LogP) is 9.45. The number of nitrogens with one attached hydrogen (secondary N) is 3. The molecule has 6 rings (SSSR count). The van der Waals surface area contributed by atoms with Crippen LogP contribution in [0.15, 0.2) is 124 Å². The Morgan fingerprint density at radius 1 is 0.827 bits per heavy atom. The van der Waals surface area contributed by atoms with Gasteiger partial charge in [0.05, 0.1) is 12.7 Å². The van der Waals surface area contributed by atoms with E-state index in [4.69, 9.17) is 4.74 Å². The molecule has 1 atom stereocenters. The van der Waals surface area contributed by atoms with Crippen molar-refractivity contribution in [3.05, 3.63) is 152 Å². The Hall–Kier alpha value is -4.97. The van der Waals surface area contributed by atoms with Crippen molar-refractivity contribution in [1.29, 1.82) is 0 Å². The molecule has 0 saturated carbocycles. The summed E-state index contributed by atoms with van der Waals surface area (Å²) in [7, 11) is 1.36. The maximum atomic E-state index is 14.1. The lowest BCUT2D eigenvalue weighted by Crippen LogP contribution is -2.30. The average Bonchev–Trinajstić information content (AvgIpc) is 3.33. The molecule has 8 nitrogen and oxygen atoms in total. The molecule has 1 aliphatic carbocycles. The van der Waals surface area contributed by atoms with Crippen molar-refractivity contribution in [1.82, 2.24) is 5.32 Å². The van der Waals surface area contributed by atoms with Gasteiger partial charge in [-0.1, -0.05) is 89.1 Å². The summed E-state index contributed by atoms with van der Waals surface area (Å²) in [5, 5.41) is 8.59. The number of halogens is 1. The fraction of sp³-hybridized carbons (Fsp3) is 0.171. The normalized spacial score (nSPS) is 13.2. The second kappa shape index (κ2) is 17.5. The van der Waals surface area contributed by atoms with E-state index in [1.54, 1.807) is 48.5 Å². The summed E-state index contributed by atoms with van der Waals surface area (Å²) in [6.07, 6.45) is 6.37. The standard InChI is InChI=1S/C41H36BrN3O5S2/c1-50-41(49)35-32-21-9-4-10-22-34(32)52-40(35)45-39(48)36(27-14-5-2-6-15-27)51-31-20-12-19-30(25-31)43-38(47)33(24-26-13-11-18-29(42)23-26)44-37(46)28-16-7-3-8-17-28/h2-3,5-8,11-20,23-25,36H,4,9-10,21-22H2,1H3,(H,43,47)(H,44,46)(H,45,48)/b33-24+. The molecule has 1 heterocycles. The van der Waals surface area contributed by atoms with E-state index in [2.05, 4.69) is 31.9 Å². The number of methoxy groups -OCH3 is 1. The number of carbonyl (C=O) groups is 4. The molecule has 5 aromatic rings. The molecule has 264 valence electrons. The Morgan fingerprint density at radius 3 is 2.31 bits per heavy atom. The monoisotopic (exact) mass is 793 g/mol. The van der Waals surface area contributed by atoms with Gasteiger partial charge in [-0.2, -0.15) is 0 Å². The van der Waals surface area contributed by atoms with Gasteiger partial charge in [-0.25, -0.2) is 4.79 Å². The van der Waals surface area contributed by atoms with E-state index in [0.717, 1.165) is 57.5 Å². The molecule has 1 unspecified atom stereocenters. The molecular weight excluding hydrogens is 759 g/mol. The number of carbonyl (C=O) groups excluding carboxylic acids is 4. The molecular formula is C41H36BrN3O5S2. The summed E-state index contributed by atoms with van der Waals surface area (Å²) in [4.78, 5) is 55.8. The minimum atomic E-state index is -0.684. The smallest absolute Gasteiger partial charge is 0.341 e. The summed E-state index contributed by atoms with van der Waals surface area (Å²) >= 11 is 6.24. The van der Waals surface area contributed by atoms with Crippen LogP contribution in [0.5, 0.6) is 0 Å². The van der Waals surface area contributed by atoms with Gasteiger partial charge in [-0.05, 0) is 90.9 Å². The minimum Gasteiger partial charge on any atom is -0.465 e. The largest absolute Gasteiger partial charge is 0.465 e. The summed E-state index contributed by atoms with van der Waals surface area (Å²) in [6.45, 7) is 0. The number of amides is 3. The highest BCUT2D eigenvalue weighted by Crippen LogP contribution is 2.41. The topological polar surface area (TPSA) is 114 Å². The number of hydrogen-bond acceptors (Lipinski definition) is 7. The van der Waals surface area contributed by atoms with Gasteiger partial charge >= 0.3 is 5.97 Å².